The minimum atomic E-state index is -0.256. The van der Waals surface area contributed by atoms with Gasteiger partial charge in [0.1, 0.15) is 12.4 Å². The highest BCUT2D eigenvalue weighted by Gasteiger charge is 2.22. The van der Waals surface area contributed by atoms with Crippen molar-refractivity contribution >= 4 is 11.8 Å². The summed E-state index contributed by atoms with van der Waals surface area (Å²) in [4.78, 5) is 29.3. The summed E-state index contributed by atoms with van der Waals surface area (Å²) in [5, 5.41) is 0. The zero-order valence-electron chi connectivity index (χ0n) is 18.9. The predicted molar refractivity (Wildman–Crippen MR) is 124 cm³/mol. The number of nitrogens with zero attached hydrogens (tertiary/aromatic N) is 2. The Bertz CT molecular complexity index is 961. The maximum absolute atomic E-state index is 13.3. The lowest BCUT2D eigenvalue weighted by atomic mass is 10.2. The maximum Gasteiger partial charge on any atom is 0.249 e. The number of amides is 2. The molecule has 174 valence electrons. The van der Waals surface area contributed by atoms with Gasteiger partial charge in [-0.1, -0.05) is 60.7 Å². The molecule has 0 unspecified atom stereocenters. The van der Waals surface area contributed by atoms with Crippen molar-refractivity contribution in [2.75, 3.05) is 33.4 Å². The molecule has 0 aliphatic rings. The molecule has 1 aromatic heterocycles. The van der Waals surface area contributed by atoms with Crippen molar-refractivity contribution in [3.63, 3.8) is 0 Å². The van der Waals surface area contributed by atoms with Crippen LogP contribution in [0.5, 0.6) is 0 Å². The molecule has 2 aromatic carbocycles. The van der Waals surface area contributed by atoms with Crippen LogP contribution in [0.4, 0.5) is 0 Å². The second-order valence-corrected chi connectivity index (χ2v) is 7.60. The van der Waals surface area contributed by atoms with Crippen molar-refractivity contribution in [3.05, 3.63) is 95.9 Å². The summed E-state index contributed by atoms with van der Waals surface area (Å²) in [6, 6.07) is 23.0. The van der Waals surface area contributed by atoms with Crippen LogP contribution < -0.4 is 0 Å². The Hall–Kier alpha value is -3.42. The second-order valence-electron chi connectivity index (χ2n) is 7.60. The lowest BCUT2D eigenvalue weighted by molar-refractivity contribution is -0.144. The molecule has 0 aliphatic heterocycles. The molecule has 0 N–H and O–H groups in total. The van der Waals surface area contributed by atoms with E-state index in [1.807, 2.05) is 66.7 Å². The van der Waals surface area contributed by atoms with Crippen LogP contribution in [-0.2, 0) is 38.8 Å². The lowest BCUT2D eigenvalue weighted by Crippen LogP contribution is -2.45. The predicted octanol–water partition coefficient (Wildman–Crippen LogP) is 3.50. The minimum Gasteiger partial charge on any atom is -0.467 e. The Labute approximate surface area is 194 Å². The van der Waals surface area contributed by atoms with Crippen LogP contribution in [0.3, 0.4) is 0 Å². The van der Waals surface area contributed by atoms with Gasteiger partial charge in [-0.2, -0.15) is 0 Å². The van der Waals surface area contributed by atoms with Crippen LogP contribution >= 0.6 is 0 Å². The van der Waals surface area contributed by atoms with Crippen molar-refractivity contribution in [2.45, 2.75) is 19.7 Å². The fraction of sp³-hybridized carbons (Fsp3) is 0.308. The molecule has 3 rings (SSSR count). The van der Waals surface area contributed by atoms with Crippen LogP contribution in [0.25, 0.3) is 0 Å². The number of hydrogen-bond donors (Lipinski definition) is 0. The Morgan fingerprint density at radius 1 is 0.818 bits per heavy atom. The van der Waals surface area contributed by atoms with E-state index in [0.29, 0.717) is 38.6 Å². The number of hydrogen-bond acceptors (Lipinski definition) is 5. The number of methoxy groups -OCH3 is 1. The first kappa shape index (κ1) is 24.2. The molecule has 0 bridgehead atoms. The highest BCUT2D eigenvalue weighted by molar-refractivity contribution is 5.85. The zero-order chi connectivity index (χ0) is 23.3. The van der Waals surface area contributed by atoms with Gasteiger partial charge in [0, 0.05) is 20.2 Å². The van der Waals surface area contributed by atoms with E-state index in [1.165, 1.54) is 4.90 Å². The molecule has 0 spiro atoms. The van der Waals surface area contributed by atoms with Crippen molar-refractivity contribution in [3.8, 4) is 0 Å². The number of ether oxygens (including phenoxy) is 2. The highest BCUT2D eigenvalue weighted by atomic mass is 16.5. The monoisotopic (exact) mass is 450 g/mol. The van der Waals surface area contributed by atoms with Gasteiger partial charge in [0.25, 0.3) is 0 Å². The third-order valence-electron chi connectivity index (χ3n) is 5.08. The third kappa shape index (κ3) is 8.21. The standard InChI is InChI=1S/C26H30N2O5/c1-31-16-14-27(26(30)21-32-20-23-11-6-3-7-12-23)19-25(29)28(18-24-13-8-15-33-24)17-22-9-4-2-5-10-22/h2-13,15H,14,16-21H2,1H3. The Morgan fingerprint density at radius 2 is 1.52 bits per heavy atom. The first-order valence-corrected chi connectivity index (χ1v) is 10.9. The average Bonchev–Trinajstić information content (AvgIpc) is 3.35. The number of benzene rings is 2. The van der Waals surface area contributed by atoms with Crippen LogP contribution in [0.15, 0.2) is 83.5 Å². The fourth-order valence-electron chi connectivity index (χ4n) is 3.31. The van der Waals surface area contributed by atoms with Crippen LogP contribution in [0.1, 0.15) is 16.9 Å². The summed E-state index contributed by atoms with van der Waals surface area (Å²) in [6.45, 7) is 1.52. The number of rotatable bonds is 13. The molecule has 0 aliphatic carbocycles. The van der Waals surface area contributed by atoms with Gasteiger partial charge in [-0.15, -0.1) is 0 Å². The average molecular weight is 451 g/mol. The van der Waals surface area contributed by atoms with Crippen molar-refractivity contribution in [1.29, 1.82) is 0 Å². The molecule has 0 saturated carbocycles. The molecular formula is C26H30N2O5. The van der Waals surface area contributed by atoms with Gasteiger partial charge >= 0.3 is 0 Å². The summed E-state index contributed by atoms with van der Waals surface area (Å²) in [6.07, 6.45) is 1.58. The van der Waals surface area contributed by atoms with Gasteiger partial charge in [0.05, 0.1) is 32.6 Å². The minimum absolute atomic E-state index is 0.0650. The Balaban J connectivity index is 1.63. The molecule has 0 radical (unpaired) electrons. The van der Waals surface area contributed by atoms with Gasteiger partial charge in [0.2, 0.25) is 11.8 Å². The van der Waals surface area contributed by atoms with E-state index < -0.39 is 0 Å². The van der Waals surface area contributed by atoms with Gasteiger partial charge in [-0.3, -0.25) is 9.59 Å². The van der Waals surface area contributed by atoms with Gasteiger partial charge < -0.3 is 23.7 Å². The molecule has 0 saturated heterocycles. The van der Waals surface area contributed by atoms with E-state index in [9.17, 15) is 9.59 Å². The SMILES string of the molecule is COCCN(CC(=O)N(Cc1ccccc1)Cc1ccco1)C(=O)COCc1ccccc1. The summed E-state index contributed by atoms with van der Waals surface area (Å²) in [7, 11) is 1.56. The normalized spacial score (nSPS) is 10.7. The lowest BCUT2D eigenvalue weighted by Gasteiger charge is -2.27. The van der Waals surface area contributed by atoms with Crippen molar-refractivity contribution in [1.82, 2.24) is 9.80 Å². The Morgan fingerprint density at radius 3 is 2.15 bits per heavy atom. The third-order valence-corrected chi connectivity index (χ3v) is 5.08. The first-order chi connectivity index (χ1) is 16.2. The number of carbonyl (C=O) groups excluding carboxylic acids is 2. The molecule has 2 amide bonds. The summed E-state index contributed by atoms with van der Waals surface area (Å²) in [5.41, 5.74) is 1.98. The van der Waals surface area contributed by atoms with E-state index >= 15 is 0 Å². The van der Waals surface area contributed by atoms with Gasteiger partial charge in [0.15, 0.2) is 0 Å². The highest BCUT2D eigenvalue weighted by Crippen LogP contribution is 2.12. The van der Waals surface area contributed by atoms with E-state index in [4.69, 9.17) is 13.9 Å². The van der Waals surface area contributed by atoms with E-state index in [0.717, 1.165) is 11.1 Å². The van der Waals surface area contributed by atoms with Gasteiger partial charge in [-0.05, 0) is 23.3 Å². The number of carbonyl (C=O) groups is 2. The molecule has 7 heteroatoms. The molecule has 0 fully saturated rings. The van der Waals surface area contributed by atoms with E-state index in [-0.39, 0.29) is 25.0 Å². The molecule has 3 aromatic rings. The fourth-order valence-corrected chi connectivity index (χ4v) is 3.31. The quantitative estimate of drug-likeness (QED) is 0.399. The van der Waals surface area contributed by atoms with Crippen LogP contribution in [-0.4, -0.2) is 55.0 Å². The Kier molecular flexibility index (Phi) is 9.69. The summed E-state index contributed by atoms with van der Waals surface area (Å²) < 4.78 is 16.2. The topological polar surface area (TPSA) is 72.2 Å². The summed E-state index contributed by atoms with van der Waals surface area (Å²) >= 11 is 0. The van der Waals surface area contributed by atoms with E-state index in [1.54, 1.807) is 24.3 Å². The molecule has 1 heterocycles. The van der Waals surface area contributed by atoms with Crippen molar-refractivity contribution < 1.29 is 23.5 Å². The molecule has 0 atom stereocenters. The second kappa shape index (κ2) is 13.2. The van der Waals surface area contributed by atoms with Crippen LogP contribution in [0, 0.1) is 0 Å². The largest absolute Gasteiger partial charge is 0.467 e. The number of furan rings is 1. The van der Waals surface area contributed by atoms with E-state index in [2.05, 4.69) is 0 Å². The molecule has 7 nitrogen and oxygen atoms in total. The first-order valence-electron chi connectivity index (χ1n) is 10.9. The smallest absolute Gasteiger partial charge is 0.249 e. The van der Waals surface area contributed by atoms with Crippen LogP contribution in [0.2, 0.25) is 0 Å². The maximum atomic E-state index is 13.3. The zero-order valence-corrected chi connectivity index (χ0v) is 18.9. The summed E-state index contributed by atoms with van der Waals surface area (Å²) in [5.74, 6) is 0.247. The molecular weight excluding hydrogens is 420 g/mol. The van der Waals surface area contributed by atoms with Gasteiger partial charge in [-0.25, -0.2) is 0 Å². The molecule has 33 heavy (non-hydrogen) atoms. The van der Waals surface area contributed by atoms with Crippen molar-refractivity contribution in [2.24, 2.45) is 0 Å².